The van der Waals surface area contributed by atoms with Gasteiger partial charge in [0.05, 0.1) is 11.4 Å². The van der Waals surface area contributed by atoms with E-state index in [-0.39, 0.29) is 30.1 Å². The molecule has 0 unspecified atom stereocenters. The molecule has 0 aliphatic carbocycles. The number of benzene rings is 1. The Hall–Kier alpha value is -2.04. The number of piperidine rings is 1. The summed E-state index contributed by atoms with van der Waals surface area (Å²) in [4.78, 5) is 11.9. The molecule has 1 fully saturated rings. The van der Waals surface area contributed by atoms with Crippen molar-refractivity contribution in [3.05, 3.63) is 29.8 Å². The van der Waals surface area contributed by atoms with Crippen molar-refractivity contribution in [2.75, 3.05) is 19.6 Å². The van der Waals surface area contributed by atoms with Crippen LogP contribution in [0.3, 0.4) is 0 Å². The highest BCUT2D eigenvalue weighted by atomic mass is 32.2. The summed E-state index contributed by atoms with van der Waals surface area (Å²) in [6.45, 7) is 2.77. The van der Waals surface area contributed by atoms with Gasteiger partial charge in [-0.2, -0.15) is 4.31 Å². The zero-order valence-electron chi connectivity index (χ0n) is 13.1. The lowest BCUT2D eigenvalue weighted by Gasteiger charge is -2.32. The maximum Gasteiger partial charge on any atom is 0.315 e. The number of sulfonamides is 1. The summed E-state index contributed by atoms with van der Waals surface area (Å²) in [5.41, 5.74) is 1.01. The molecule has 1 aromatic carbocycles. The van der Waals surface area contributed by atoms with E-state index in [9.17, 15) is 13.2 Å². The Bertz CT molecular complexity index is 692. The molecule has 1 aromatic rings. The van der Waals surface area contributed by atoms with E-state index < -0.39 is 10.0 Å². The van der Waals surface area contributed by atoms with Crippen molar-refractivity contribution in [1.82, 2.24) is 14.9 Å². The molecule has 1 aliphatic rings. The molecule has 2 rings (SSSR count). The zero-order valence-corrected chi connectivity index (χ0v) is 13.9. The van der Waals surface area contributed by atoms with E-state index in [4.69, 9.17) is 6.42 Å². The van der Waals surface area contributed by atoms with Crippen LogP contribution in [-0.2, 0) is 10.0 Å². The van der Waals surface area contributed by atoms with Crippen molar-refractivity contribution >= 4 is 16.1 Å². The van der Waals surface area contributed by atoms with Crippen LogP contribution in [0.5, 0.6) is 0 Å². The first kappa shape index (κ1) is 17.3. The number of nitrogens with one attached hydrogen (secondary N) is 2. The predicted molar refractivity (Wildman–Crippen MR) is 88.3 cm³/mol. The summed E-state index contributed by atoms with van der Waals surface area (Å²) >= 11 is 0. The van der Waals surface area contributed by atoms with Gasteiger partial charge in [0.2, 0.25) is 10.0 Å². The van der Waals surface area contributed by atoms with Crippen molar-refractivity contribution < 1.29 is 13.2 Å². The number of urea groups is 1. The van der Waals surface area contributed by atoms with E-state index in [1.807, 2.05) is 6.92 Å². The van der Waals surface area contributed by atoms with Gasteiger partial charge < -0.3 is 10.6 Å². The molecule has 2 N–H and O–H groups in total. The monoisotopic (exact) mass is 335 g/mol. The third-order valence-corrected chi connectivity index (χ3v) is 5.61. The van der Waals surface area contributed by atoms with E-state index in [1.54, 1.807) is 24.3 Å². The molecule has 1 aliphatic heterocycles. The second-order valence-corrected chi connectivity index (χ2v) is 7.48. The largest absolute Gasteiger partial charge is 0.334 e. The van der Waals surface area contributed by atoms with Gasteiger partial charge in [-0.3, -0.25) is 0 Å². The molecular weight excluding hydrogens is 314 g/mol. The maximum absolute atomic E-state index is 12.7. The van der Waals surface area contributed by atoms with Gasteiger partial charge in [-0.05, 0) is 31.9 Å². The number of nitrogens with zero attached hydrogens (tertiary/aromatic N) is 1. The summed E-state index contributed by atoms with van der Waals surface area (Å²) in [6, 6.07) is 6.19. The molecule has 0 saturated carbocycles. The fraction of sp³-hybridized carbons (Fsp3) is 0.438. The van der Waals surface area contributed by atoms with Gasteiger partial charge in [-0.1, -0.05) is 23.6 Å². The third-order valence-electron chi connectivity index (χ3n) is 3.73. The molecule has 1 heterocycles. The summed E-state index contributed by atoms with van der Waals surface area (Å²) in [6.07, 6.45) is 6.52. The second kappa shape index (κ2) is 7.49. The molecule has 6 nitrogen and oxygen atoms in total. The van der Waals surface area contributed by atoms with E-state index in [2.05, 4.69) is 16.6 Å². The fourth-order valence-corrected chi connectivity index (χ4v) is 4.03. The highest BCUT2D eigenvalue weighted by Gasteiger charge is 2.30. The maximum atomic E-state index is 12.7. The van der Waals surface area contributed by atoms with Crippen LogP contribution in [0, 0.1) is 19.3 Å². The Morgan fingerprint density at radius 2 is 2.09 bits per heavy atom. The van der Waals surface area contributed by atoms with Crippen molar-refractivity contribution in [2.45, 2.75) is 30.7 Å². The predicted octanol–water partition coefficient (Wildman–Crippen LogP) is 1.08. The van der Waals surface area contributed by atoms with Gasteiger partial charge in [0, 0.05) is 19.1 Å². The van der Waals surface area contributed by atoms with E-state index in [0.29, 0.717) is 13.0 Å². The summed E-state index contributed by atoms with van der Waals surface area (Å²) in [5, 5.41) is 5.28. The smallest absolute Gasteiger partial charge is 0.315 e. The minimum atomic E-state index is -3.54. The molecule has 7 heteroatoms. The Morgan fingerprint density at radius 3 is 2.74 bits per heavy atom. The van der Waals surface area contributed by atoms with Gasteiger partial charge in [0.1, 0.15) is 0 Å². The molecular formula is C16H21N3O3S. The summed E-state index contributed by atoms with van der Waals surface area (Å²) < 4.78 is 26.8. The van der Waals surface area contributed by atoms with Gasteiger partial charge in [0.25, 0.3) is 0 Å². The number of amides is 2. The Kier molecular flexibility index (Phi) is 5.64. The molecule has 0 aromatic heterocycles. The minimum absolute atomic E-state index is 0.143. The first-order chi connectivity index (χ1) is 10.9. The van der Waals surface area contributed by atoms with E-state index in [1.165, 1.54) is 4.31 Å². The second-order valence-electron chi connectivity index (χ2n) is 5.55. The van der Waals surface area contributed by atoms with Crippen LogP contribution in [0.4, 0.5) is 4.79 Å². The van der Waals surface area contributed by atoms with Gasteiger partial charge in [0.15, 0.2) is 0 Å². The number of hydrogen-bond acceptors (Lipinski definition) is 3. The van der Waals surface area contributed by atoms with Gasteiger partial charge >= 0.3 is 6.03 Å². The van der Waals surface area contributed by atoms with Crippen LogP contribution < -0.4 is 10.6 Å². The molecule has 0 bridgehead atoms. The van der Waals surface area contributed by atoms with E-state index >= 15 is 0 Å². The SMILES string of the molecule is C#CCNC(=O)N[C@H]1CCCN(S(=O)(=O)c2ccc(C)cc2)C1. The van der Waals surface area contributed by atoms with Crippen molar-refractivity contribution in [3.63, 3.8) is 0 Å². The highest BCUT2D eigenvalue weighted by Crippen LogP contribution is 2.21. The Balaban J connectivity index is 2.04. The van der Waals surface area contributed by atoms with Crippen molar-refractivity contribution in [3.8, 4) is 12.3 Å². The fourth-order valence-electron chi connectivity index (χ4n) is 2.51. The average molecular weight is 335 g/mol. The third kappa shape index (κ3) is 4.47. The normalized spacial score (nSPS) is 18.9. The summed E-state index contributed by atoms with van der Waals surface area (Å²) in [7, 11) is -3.54. The van der Waals surface area contributed by atoms with Crippen LogP contribution >= 0.6 is 0 Å². The number of terminal acetylenes is 1. The van der Waals surface area contributed by atoms with Crippen LogP contribution in [0.2, 0.25) is 0 Å². The Morgan fingerprint density at radius 1 is 1.39 bits per heavy atom. The highest BCUT2D eigenvalue weighted by molar-refractivity contribution is 7.89. The molecule has 2 amide bonds. The van der Waals surface area contributed by atoms with Crippen LogP contribution in [0.25, 0.3) is 0 Å². The van der Waals surface area contributed by atoms with Gasteiger partial charge in [-0.25, -0.2) is 13.2 Å². The quantitative estimate of drug-likeness (QED) is 0.808. The zero-order chi connectivity index (χ0) is 16.9. The minimum Gasteiger partial charge on any atom is -0.334 e. The molecule has 124 valence electrons. The molecule has 23 heavy (non-hydrogen) atoms. The number of aryl methyl sites for hydroxylation is 1. The van der Waals surface area contributed by atoms with Gasteiger partial charge in [-0.15, -0.1) is 6.42 Å². The van der Waals surface area contributed by atoms with Crippen molar-refractivity contribution in [1.29, 1.82) is 0 Å². The molecule has 0 spiro atoms. The lowest BCUT2D eigenvalue weighted by molar-refractivity contribution is 0.227. The molecule has 0 radical (unpaired) electrons. The first-order valence-electron chi connectivity index (χ1n) is 7.48. The number of rotatable bonds is 4. The van der Waals surface area contributed by atoms with E-state index in [0.717, 1.165) is 12.0 Å². The van der Waals surface area contributed by atoms with Crippen LogP contribution in [0.1, 0.15) is 18.4 Å². The lowest BCUT2D eigenvalue weighted by atomic mass is 10.1. The topological polar surface area (TPSA) is 78.5 Å². The van der Waals surface area contributed by atoms with Crippen LogP contribution in [0.15, 0.2) is 29.2 Å². The Labute approximate surface area is 137 Å². The molecule has 1 atom stereocenters. The first-order valence-corrected chi connectivity index (χ1v) is 8.92. The van der Waals surface area contributed by atoms with Crippen LogP contribution in [-0.4, -0.2) is 44.4 Å². The number of hydrogen-bond donors (Lipinski definition) is 2. The van der Waals surface area contributed by atoms with Crippen molar-refractivity contribution in [2.24, 2.45) is 0 Å². The average Bonchev–Trinajstić information content (AvgIpc) is 2.53. The number of carbonyl (C=O) groups excluding carboxylic acids is 1. The standard InChI is InChI=1S/C16H21N3O3S/c1-3-10-17-16(20)18-14-5-4-11-19(12-14)23(21,22)15-8-6-13(2)7-9-15/h1,6-9,14H,4-5,10-12H2,2H3,(H2,17,18,20)/t14-/m0/s1. The summed E-state index contributed by atoms with van der Waals surface area (Å²) in [5.74, 6) is 2.32. The lowest BCUT2D eigenvalue weighted by Crippen LogP contribution is -2.51. The molecule has 1 saturated heterocycles. The number of carbonyl (C=O) groups is 1.